The maximum absolute atomic E-state index is 11.9. The van der Waals surface area contributed by atoms with Crippen molar-refractivity contribution in [2.75, 3.05) is 7.11 Å². The van der Waals surface area contributed by atoms with E-state index in [-0.39, 0.29) is 12.2 Å². The van der Waals surface area contributed by atoms with Crippen LogP contribution in [-0.4, -0.2) is 18.9 Å². The van der Waals surface area contributed by atoms with Crippen molar-refractivity contribution in [3.05, 3.63) is 35.4 Å². The first-order valence-corrected chi connectivity index (χ1v) is 5.41. The van der Waals surface area contributed by atoms with Gasteiger partial charge in [-0.25, -0.2) is 0 Å². The SMILES string of the molecule is COC(=O)CC(=O)c1ccccc1C1CC1. The number of benzene rings is 1. The van der Waals surface area contributed by atoms with E-state index < -0.39 is 5.97 Å². The van der Waals surface area contributed by atoms with E-state index in [0.29, 0.717) is 11.5 Å². The molecule has 2 rings (SSSR count). The van der Waals surface area contributed by atoms with E-state index in [9.17, 15) is 9.59 Å². The second-order valence-corrected chi connectivity index (χ2v) is 4.04. The second-order valence-electron chi connectivity index (χ2n) is 4.04. The molecule has 0 spiro atoms. The van der Waals surface area contributed by atoms with Gasteiger partial charge in [-0.15, -0.1) is 0 Å². The Morgan fingerprint density at radius 2 is 2.00 bits per heavy atom. The van der Waals surface area contributed by atoms with Crippen LogP contribution >= 0.6 is 0 Å². The highest BCUT2D eigenvalue weighted by Gasteiger charge is 2.28. The number of rotatable bonds is 4. The Labute approximate surface area is 94.4 Å². The second kappa shape index (κ2) is 4.47. The first kappa shape index (κ1) is 10.9. The minimum Gasteiger partial charge on any atom is -0.469 e. The number of esters is 1. The van der Waals surface area contributed by atoms with Gasteiger partial charge < -0.3 is 4.74 Å². The monoisotopic (exact) mass is 218 g/mol. The topological polar surface area (TPSA) is 43.4 Å². The minimum absolute atomic E-state index is 0.144. The van der Waals surface area contributed by atoms with Crippen LogP contribution in [-0.2, 0) is 9.53 Å². The number of carbonyl (C=O) groups excluding carboxylic acids is 2. The summed E-state index contributed by atoms with van der Waals surface area (Å²) in [6.07, 6.45) is 2.12. The van der Waals surface area contributed by atoms with Crippen molar-refractivity contribution >= 4 is 11.8 Å². The lowest BCUT2D eigenvalue weighted by Gasteiger charge is -2.06. The molecule has 1 aromatic carbocycles. The Morgan fingerprint density at radius 1 is 1.31 bits per heavy atom. The van der Waals surface area contributed by atoms with Gasteiger partial charge in [0.15, 0.2) is 5.78 Å². The van der Waals surface area contributed by atoms with Crippen LogP contribution in [0.25, 0.3) is 0 Å². The van der Waals surface area contributed by atoms with Gasteiger partial charge in [-0.05, 0) is 24.3 Å². The molecule has 1 aromatic rings. The lowest BCUT2D eigenvalue weighted by molar-refractivity contribution is -0.139. The molecule has 16 heavy (non-hydrogen) atoms. The van der Waals surface area contributed by atoms with Crippen LogP contribution in [0.5, 0.6) is 0 Å². The van der Waals surface area contributed by atoms with E-state index in [1.165, 1.54) is 7.11 Å². The molecule has 0 radical (unpaired) electrons. The van der Waals surface area contributed by atoms with Gasteiger partial charge in [0.2, 0.25) is 0 Å². The Kier molecular flexibility index (Phi) is 3.04. The first-order valence-electron chi connectivity index (χ1n) is 5.41. The van der Waals surface area contributed by atoms with Crippen LogP contribution in [0.15, 0.2) is 24.3 Å². The fourth-order valence-corrected chi connectivity index (χ4v) is 1.80. The van der Waals surface area contributed by atoms with Crippen molar-refractivity contribution in [2.45, 2.75) is 25.2 Å². The van der Waals surface area contributed by atoms with Crippen LogP contribution < -0.4 is 0 Å². The van der Waals surface area contributed by atoms with Gasteiger partial charge in [-0.1, -0.05) is 24.3 Å². The van der Waals surface area contributed by atoms with Crippen LogP contribution in [0.2, 0.25) is 0 Å². The van der Waals surface area contributed by atoms with Crippen molar-refractivity contribution in [1.29, 1.82) is 0 Å². The predicted molar refractivity (Wildman–Crippen MR) is 59.4 cm³/mol. The number of ketones is 1. The lowest BCUT2D eigenvalue weighted by Crippen LogP contribution is -2.11. The van der Waals surface area contributed by atoms with Gasteiger partial charge in [-0.2, -0.15) is 0 Å². The summed E-state index contributed by atoms with van der Waals surface area (Å²) in [5.74, 6) is -0.109. The van der Waals surface area contributed by atoms with E-state index in [1.54, 1.807) is 6.07 Å². The Hall–Kier alpha value is -1.64. The third-order valence-corrected chi connectivity index (χ3v) is 2.81. The molecule has 0 saturated heterocycles. The summed E-state index contributed by atoms with van der Waals surface area (Å²) in [5, 5.41) is 0. The average Bonchev–Trinajstić information content (AvgIpc) is 3.12. The molecule has 0 N–H and O–H groups in total. The molecule has 0 aliphatic heterocycles. The van der Waals surface area contributed by atoms with E-state index >= 15 is 0 Å². The number of hydrogen-bond acceptors (Lipinski definition) is 3. The predicted octanol–water partition coefficient (Wildman–Crippen LogP) is 2.31. The third-order valence-electron chi connectivity index (χ3n) is 2.81. The number of hydrogen-bond donors (Lipinski definition) is 0. The summed E-state index contributed by atoms with van der Waals surface area (Å²) in [6.45, 7) is 0. The number of ether oxygens (including phenoxy) is 1. The molecule has 84 valence electrons. The van der Waals surface area contributed by atoms with Gasteiger partial charge >= 0.3 is 5.97 Å². The fourth-order valence-electron chi connectivity index (χ4n) is 1.80. The number of carbonyl (C=O) groups is 2. The zero-order chi connectivity index (χ0) is 11.5. The van der Waals surface area contributed by atoms with Gasteiger partial charge in [0, 0.05) is 5.56 Å². The summed E-state index contributed by atoms with van der Waals surface area (Å²) in [7, 11) is 1.29. The molecule has 0 aromatic heterocycles. The maximum atomic E-state index is 11.9. The van der Waals surface area contributed by atoms with E-state index in [0.717, 1.165) is 18.4 Å². The highest BCUT2D eigenvalue weighted by molar-refractivity contribution is 6.06. The zero-order valence-electron chi connectivity index (χ0n) is 9.23. The number of Topliss-reactive ketones (excluding diaryl/α,β-unsaturated/α-hetero) is 1. The van der Waals surface area contributed by atoms with Gasteiger partial charge in [0.1, 0.15) is 6.42 Å². The average molecular weight is 218 g/mol. The molecule has 1 aliphatic rings. The van der Waals surface area contributed by atoms with Crippen molar-refractivity contribution in [2.24, 2.45) is 0 Å². The normalized spacial score (nSPS) is 14.6. The highest BCUT2D eigenvalue weighted by Crippen LogP contribution is 2.41. The Balaban J connectivity index is 2.19. The smallest absolute Gasteiger partial charge is 0.313 e. The molecule has 0 heterocycles. The molecular formula is C13H14O3. The van der Waals surface area contributed by atoms with Gasteiger partial charge in [-0.3, -0.25) is 9.59 Å². The molecule has 1 saturated carbocycles. The standard InChI is InChI=1S/C13H14O3/c1-16-13(15)8-12(14)11-5-3-2-4-10(11)9-6-7-9/h2-5,9H,6-8H2,1H3. The summed E-state index contributed by atoms with van der Waals surface area (Å²) in [4.78, 5) is 22.9. The molecule has 1 fully saturated rings. The summed E-state index contributed by atoms with van der Waals surface area (Å²) >= 11 is 0. The van der Waals surface area contributed by atoms with Crippen molar-refractivity contribution in [3.8, 4) is 0 Å². The Morgan fingerprint density at radius 3 is 2.62 bits per heavy atom. The summed E-state index contributed by atoms with van der Waals surface area (Å²) in [5.41, 5.74) is 1.76. The van der Waals surface area contributed by atoms with Crippen LogP contribution in [0.1, 0.15) is 41.1 Å². The highest BCUT2D eigenvalue weighted by atomic mass is 16.5. The molecule has 1 aliphatic carbocycles. The van der Waals surface area contributed by atoms with Crippen molar-refractivity contribution in [3.63, 3.8) is 0 Å². The van der Waals surface area contributed by atoms with Crippen molar-refractivity contribution < 1.29 is 14.3 Å². The molecule has 0 bridgehead atoms. The Bertz CT molecular complexity index is 419. The molecule has 0 atom stereocenters. The fraction of sp³-hybridized carbons (Fsp3) is 0.385. The quantitative estimate of drug-likeness (QED) is 0.442. The lowest BCUT2D eigenvalue weighted by atomic mass is 9.98. The largest absolute Gasteiger partial charge is 0.469 e. The van der Waals surface area contributed by atoms with Crippen LogP contribution in [0, 0.1) is 0 Å². The van der Waals surface area contributed by atoms with Crippen LogP contribution in [0.3, 0.4) is 0 Å². The molecule has 0 amide bonds. The zero-order valence-corrected chi connectivity index (χ0v) is 9.23. The van der Waals surface area contributed by atoms with E-state index in [1.807, 2.05) is 18.2 Å². The molecular weight excluding hydrogens is 204 g/mol. The van der Waals surface area contributed by atoms with E-state index in [2.05, 4.69) is 4.74 Å². The third kappa shape index (κ3) is 2.30. The van der Waals surface area contributed by atoms with Gasteiger partial charge in [0.05, 0.1) is 7.11 Å². The van der Waals surface area contributed by atoms with E-state index in [4.69, 9.17) is 0 Å². The first-order chi connectivity index (χ1) is 7.72. The molecule has 0 unspecified atom stereocenters. The molecule has 3 nitrogen and oxygen atoms in total. The maximum Gasteiger partial charge on any atom is 0.313 e. The minimum atomic E-state index is -0.476. The van der Waals surface area contributed by atoms with Gasteiger partial charge in [0.25, 0.3) is 0 Å². The number of methoxy groups -OCH3 is 1. The summed E-state index contributed by atoms with van der Waals surface area (Å²) < 4.78 is 4.50. The summed E-state index contributed by atoms with van der Waals surface area (Å²) in [6, 6.07) is 7.53. The van der Waals surface area contributed by atoms with Crippen LogP contribution in [0.4, 0.5) is 0 Å². The molecule has 3 heteroatoms. The van der Waals surface area contributed by atoms with Crippen molar-refractivity contribution in [1.82, 2.24) is 0 Å².